The molecule has 174 valence electrons. The molecule has 1 aliphatic heterocycles. The Labute approximate surface area is 186 Å². The molecule has 0 fully saturated rings. The van der Waals surface area contributed by atoms with Gasteiger partial charge in [0.05, 0.1) is 31.4 Å². The molecule has 0 aliphatic carbocycles. The van der Waals surface area contributed by atoms with Crippen molar-refractivity contribution in [2.24, 2.45) is 0 Å². The Morgan fingerprint density at radius 3 is 2.59 bits per heavy atom. The second-order valence-corrected chi connectivity index (χ2v) is 8.98. The normalized spacial score (nSPS) is 17.9. The standard InChI is InChI=1S/C24H30F2N2O4/c1-24(2,3)32-23(30)28-20(10-15-8-17(25)11-18(26)9-15)22(29)12-27-21-14-31-13-16-6-4-5-7-19(16)21/h4-9,11,20-22,27,29H,10,12-14H2,1-3H3,(H,28,30)/t20?,21?,22-/m1/s1. The number of ether oxygens (including phenoxy) is 2. The van der Waals surface area contributed by atoms with Gasteiger partial charge in [-0.15, -0.1) is 0 Å². The molecule has 2 aromatic rings. The van der Waals surface area contributed by atoms with E-state index >= 15 is 0 Å². The zero-order chi connectivity index (χ0) is 23.3. The number of carbonyl (C=O) groups is 1. The van der Waals surface area contributed by atoms with Crippen LogP contribution in [0.5, 0.6) is 0 Å². The van der Waals surface area contributed by atoms with E-state index in [0.717, 1.165) is 17.2 Å². The van der Waals surface area contributed by atoms with Crippen molar-refractivity contribution in [2.45, 2.75) is 57.6 Å². The van der Waals surface area contributed by atoms with Gasteiger partial charge in [0.1, 0.15) is 17.2 Å². The molecule has 0 bridgehead atoms. The van der Waals surface area contributed by atoms with E-state index < -0.39 is 35.5 Å². The van der Waals surface area contributed by atoms with Crippen LogP contribution in [-0.2, 0) is 22.5 Å². The molecule has 0 spiro atoms. The van der Waals surface area contributed by atoms with Gasteiger partial charge in [0, 0.05) is 12.6 Å². The predicted molar refractivity (Wildman–Crippen MR) is 116 cm³/mol. The lowest BCUT2D eigenvalue weighted by Gasteiger charge is -2.30. The van der Waals surface area contributed by atoms with Gasteiger partial charge in [-0.05, 0) is 56.0 Å². The number of hydrogen-bond acceptors (Lipinski definition) is 5. The number of nitrogens with one attached hydrogen (secondary N) is 2. The Kier molecular flexibility index (Phi) is 7.82. The molecule has 2 aromatic carbocycles. The number of aliphatic hydroxyl groups is 1. The van der Waals surface area contributed by atoms with Crippen LogP contribution in [0.4, 0.5) is 13.6 Å². The molecular weight excluding hydrogens is 418 g/mol. The van der Waals surface area contributed by atoms with Gasteiger partial charge in [-0.3, -0.25) is 0 Å². The minimum atomic E-state index is -1.05. The van der Waals surface area contributed by atoms with E-state index in [0.29, 0.717) is 18.8 Å². The molecule has 0 aromatic heterocycles. The SMILES string of the molecule is CC(C)(C)OC(=O)NC(Cc1cc(F)cc(F)c1)[C@H](O)CNC1COCc2ccccc21. The zero-order valence-electron chi connectivity index (χ0n) is 18.5. The average Bonchev–Trinajstić information content (AvgIpc) is 2.69. The molecule has 3 atom stereocenters. The Bertz CT molecular complexity index is 912. The van der Waals surface area contributed by atoms with Gasteiger partial charge in [-0.2, -0.15) is 0 Å². The molecule has 1 amide bonds. The molecular formula is C24H30F2N2O4. The first-order valence-electron chi connectivity index (χ1n) is 10.6. The topological polar surface area (TPSA) is 79.8 Å². The van der Waals surface area contributed by atoms with Gasteiger partial charge in [-0.1, -0.05) is 24.3 Å². The summed E-state index contributed by atoms with van der Waals surface area (Å²) in [5.74, 6) is -1.45. The summed E-state index contributed by atoms with van der Waals surface area (Å²) >= 11 is 0. The number of amides is 1. The van der Waals surface area contributed by atoms with Crippen molar-refractivity contribution in [1.29, 1.82) is 0 Å². The molecule has 6 nitrogen and oxygen atoms in total. The molecule has 2 unspecified atom stereocenters. The van der Waals surface area contributed by atoms with Crippen molar-refractivity contribution in [1.82, 2.24) is 10.6 Å². The lowest BCUT2D eigenvalue weighted by atomic mass is 9.97. The Morgan fingerprint density at radius 1 is 1.22 bits per heavy atom. The van der Waals surface area contributed by atoms with E-state index in [4.69, 9.17) is 9.47 Å². The molecule has 3 rings (SSSR count). The van der Waals surface area contributed by atoms with Crippen LogP contribution in [-0.4, -0.2) is 42.1 Å². The van der Waals surface area contributed by atoms with Crippen molar-refractivity contribution >= 4 is 6.09 Å². The summed E-state index contributed by atoms with van der Waals surface area (Å²) in [6.45, 7) is 6.28. The van der Waals surface area contributed by atoms with Crippen molar-refractivity contribution < 1.29 is 28.2 Å². The van der Waals surface area contributed by atoms with Crippen molar-refractivity contribution in [2.75, 3.05) is 13.2 Å². The second kappa shape index (κ2) is 10.4. The minimum Gasteiger partial charge on any atom is -0.444 e. The summed E-state index contributed by atoms with van der Waals surface area (Å²) in [6.07, 6.45) is -1.75. The van der Waals surface area contributed by atoms with E-state index in [1.165, 1.54) is 12.1 Å². The van der Waals surface area contributed by atoms with Crippen LogP contribution in [0.25, 0.3) is 0 Å². The average molecular weight is 449 g/mol. The van der Waals surface area contributed by atoms with Crippen LogP contribution in [0.3, 0.4) is 0 Å². The maximum Gasteiger partial charge on any atom is 0.407 e. The molecule has 0 radical (unpaired) electrons. The van der Waals surface area contributed by atoms with Crippen molar-refractivity contribution in [3.63, 3.8) is 0 Å². The monoisotopic (exact) mass is 448 g/mol. The van der Waals surface area contributed by atoms with Crippen LogP contribution >= 0.6 is 0 Å². The highest BCUT2D eigenvalue weighted by atomic mass is 19.1. The van der Waals surface area contributed by atoms with E-state index in [9.17, 15) is 18.7 Å². The van der Waals surface area contributed by atoms with Gasteiger partial charge in [0.15, 0.2) is 0 Å². The quantitative estimate of drug-likeness (QED) is 0.603. The number of fused-ring (bicyclic) bond motifs is 1. The fourth-order valence-electron chi connectivity index (χ4n) is 3.68. The number of halogens is 2. The predicted octanol–water partition coefficient (Wildman–Crippen LogP) is 3.62. The lowest BCUT2D eigenvalue weighted by molar-refractivity contribution is 0.0401. The Morgan fingerprint density at radius 2 is 1.91 bits per heavy atom. The smallest absolute Gasteiger partial charge is 0.407 e. The van der Waals surface area contributed by atoms with Gasteiger partial charge in [-0.25, -0.2) is 13.6 Å². The summed E-state index contributed by atoms with van der Waals surface area (Å²) in [5, 5.41) is 16.8. The summed E-state index contributed by atoms with van der Waals surface area (Å²) in [6, 6.07) is 10.1. The van der Waals surface area contributed by atoms with E-state index in [1.54, 1.807) is 20.8 Å². The third-order valence-electron chi connectivity index (χ3n) is 5.09. The first-order valence-corrected chi connectivity index (χ1v) is 10.6. The highest BCUT2D eigenvalue weighted by Gasteiger charge is 2.27. The summed E-state index contributed by atoms with van der Waals surface area (Å²) in [5.41, 5.74) is 1.75. The minimum absolute atomic E-state index is 0.0223. The summed E-state index contributed by atoms with van der Waals surface area (Å²) in [4.78, 5) is 12.3. The zero-order valence-corrected chi connectivity index (χ0v) is 18.5. The van der Waals surface area contributed by atoms with Crippen molar-refractivity contribution in [3.05, 3.63) is 70.8 Å². The van der Waals surface area contributed by atoms with Crippen LogP contribution in [0.2, 0.25) is 0 Å². The summed E-state index contributed by atoms with van der Waals surface area (Å²) < 4.78 is 38.2. The lowest BCUT2D eigenvalue weighted by Crippen LogP contribution is -2.50. The molecule has 1 heterocycles. The first-order chi connectivity index (χ1) is 15.1. The fourth-order valence-corrected chi connectivity index (χ4v) is 3.68. The van der Waals surface area contributed by atoms with Crippen LogP contribution in [0.1, 0.15) is 43.5 Å². The van der Waals surface area contributed by atoms with Gasteiger partial charge in [0.25, 0.3) is 0 Å². The Balaban J connectivity index is 1.71. The van der Waals surface area contributed by atoms with Gasteiger partial charge >= 0.3 is 6.09 Å². The number of benzene rings is 2. The second-order valence-electron chi connectivity index (χ2n) is 8.98. The van der Waals surface area contributed by atoms with Gasteiger partial charge in [0.2, 0.25) is 0 Å². The number of rotatable bonds is 7. The number of carbonyl (C=O) groups excluding carboxylic acids is 1. The molecule has 0 saturated carbocycles. The van der Waals surface area contributed by atoms with Crippen LogP contribution in [0.15, 0.2) is 42.5 Å². The largest absolute Gasteiger partial charge is 0.444 e. The molecule has 8 heteroatoms. The molecule has 1 aliphatic rings. The Hall–Kier alpha value is -2.55. The maximum atomic E-state index is 13.7. The highest BCUT2D eigenvalue weighted by Crippen LogP contribution is 2.24. The molecule has 32 heavy (non-hydrogen) atoms. The number of aliphatic hydroxyl groups excluding tert-OH is 1. The fraction of sp³-hybridized carbons (Fsp3) is 0.458. The number of hydrogen-bond donors (Lipinski definition) is 3. The van der Waals surface area contributed by atoms with E-state index in [2.05, 4.69) is 10.6 Å². The maximum absolute atomic E-state index is 13.7. The molecule has 3 N–H and O–H groups in total. The number of alkyl carbamates (subject to hydrolysis) is 1. The van der Waals surface area contributed by atoms with Crippen molar-refractivity contribution in [3.8, 4) is 0 Å². The third-order valence-corrected chi connectivity index (χ3v) is 5.09. The third kappa shape index (κ3) is 6.98. The van der Waals surface area contributed by atoms with E-state index in [1.807, 2.05) is 24.3 Å². The molecule has 0 saturated heterocycles. The van der Waals surface area contributed by atoms with E-state index in [-0.39, 0.29) is 19.0 Å². The van der Waals surface area contributed by atoms with Crippen LogP contribution < -0.4 is 10.6 Å². The summed E-state index contributed by atoms with van der Waals surface area (Å²) in [7, 11) is 0. The highest BCUT2D eigenvalue weighted by molar-refractivity contribution is 5.68. The first kappa shape index (κ1) is 24.1. The van der Waals surface area contributed by atoms with Gasteiger partial charge < -0.3 is 25.2 Å². The van der Waals surface area contributed by atoms with Crippen LogP contribution in [0, 0.1) is 11.6 Å².